The van der Waals surface area contributed by atoms with Crippen molar-refractivity contribution in [1.82, 2.24) is 9.78 Å². The minimum atomic E-state index is -0.0864. The highest BCUT2D eigenvalue weighted by atomic mass is 16.1. The molecule has 0 aliphatic carbocycles. The fourth-order valence-electron chi connectivity index (χ4n) is 1.48. The molecule has 1 aromatic rings. The summed E-state index contributed by atoms with van der Waals surface area (Å²) in [5.74, 6) is 0.542. The van der Waals surface area contributed by atoms with Gasteiger partial charge in [-0.2, -0.15) is 0 Å². The molecule has 74 valence electrons. The maximum Gasteiger partial charge on any atom is 0.264 e. The molecule has 0 amide bonds. The summed E-state index contributed by atoms with van der Waals surface area (Å²) in [4.78, 5) is 11.0. The van der Waals surface area contributed by atoms with E-state index < -0.39 is 0 Å². The Kier molecular flexibility index (Phi) is 2.93. The Morgan fingerprint density at radius 2 is 2.23 bits per heavy atom. The van der Waals surface area contributed by atoms with Gasteiger partial charge in [-0.1, -0.05) is 13.8 Å². The molecule has 3 N–H and O–H groups in total. The Labute approximate surface area is 77.7 Å². The van der Waals surface area contributed by atoms with E-state index in [1.54, 1.807) is 17.8 Å². The normalized spacial score (nSPS) is 13.6. The molecule has 0 radical (unpaired) electrons. The molecule has 0 unspecified atom stereocenters. The smallest absolute Gasteiger partial charge is 0.264 e. The number of nitrogens with two attached hydrogens (primary N) is 1. The molecule has 13 heavy (non-hydrogen) atoms. The van der Waals surface area contributed by atoms with Gasteiger partial charge in [-0.05, 0) is 12.3 Å². The van der Waals surface area contributed by atoms with Crippen LogP contribution in [0.25, 0.3) is 0 Å². The van der Waals surface area contributed by atoms with Crippen molar-refractivity contribution in [1.29, 1.82) is 0 Å². The van der Waals surface area contributed by atoms with E-state index in [1.165, 1.54) is 0 Å². The zero-order valence-electron chi connectivity index (χ0n) is 8.37. The second kappa shape index (κ2) is 3.79. The molecule has 1 rings (SSSR count). The van der Waals surface area contributed by atoms with Gasteiger partial charge in [0.15, 0.2) is 0 Å². The summed E-state index contributed by atoms with van der Waals surface area (Å²) in [5.41, 5.74) is 6.72. The van der Waals surface area contributed by atoms with Gasteiger partial charge in [0.1, 0.15) is 0 Å². The lowest BCUT2D eigenvalue weighted by Crippen LogP contribution is -2.16. The van der Waals surface area contributed by atoms with Crippen LogP contribution in [0.3, 0.4) is 0 Å². The number of aromatic amines is 1. The number of H-pyrrole nitrogens is 1. The van der Waals surface area contributed by atoms with Gasteiger partial charge in [0.25, 0.3) is 5.56 Å². The van der Waals surface area contributed by atoms with Crippen LogP contribution < -0.4 is 11.3 Å². The van der Waals surface area contributed by atoms with E-state index in [9.17, 15) is 4.79 Å². The molecule has 0 aromatic carbocycles. The van der Waals surface area contributed by atoms with Crippen molar-refractivity contribution in [3.05, 3.63) is 22.1 Å². The lowest BCUT2D eigenvalue weighted by Gasteiger charge is -2.13. The van der Waals surface area contributed by atoms with Crippen molar-refractivity contribution in [3.8, 4) is 0 Å². The predicted octanol–water partition coefficient (Wildman–Crippen LogP) is 0.759. The first kappa shape index (κ1) is 10.1. The number of aromatic nitrogens is 2. The van der Waals surface area contributed by atoms with Gasteiger partial charge in [0.05, 0.1) is 5.69 Å². The van der Waals surface area contributed by atoms with Crippen LogP contribution in [0, 0.1) is 5.92 Å². The van der Waals surface area contributed by atoms with Gasteiger partial charge in [-0.25, -0.2) is 0 Å². The van der Waals surface area contributed by atoms with Gasteiger partial charge >= 0.3 is 0 Å². The van der Waals surface area contributed by atoms with E-state index >= 15 is 0 Å². The molecule has 0 bridgehead atoms. The molecule has 0 aliphatic heterocycles. The van der Waals surface area contributed by atoms with E-state index in [0.717, 1.165) is 12.1 Å². The Morgan fingerprint density at radius 1 is 1.62 bits per heavy atom. The Hall–Kier alpha value is -1.03. The SMILES string of the molecule is CC(C)C[C@@H](N)c1cc(=O)[nH]n1C. The van der Waals surface area contributed by atoms with Crippen molar-refractivity contribution in [2.75, 3.05) is 0 Å². The molecule has 4 heteroatoms. The van der Waals surface area contributed by atoms with Crippen LogP contribution in [-0.4, -0.2) is 9.78 Å². The van der Waals surface area contributed by atoms with Gasteiger partial charge in [0.2, 0.25) is 0 Å². The van der Waals surface area contributed by atoms with Crippen LogP contribution in [0.1, 0.15) is 32.0 Å². The highest BCUT2D eigenvalue weighted by molar-refractivity contribution is 5.05. The van der Waals surface area contributed by atoms with E-state index in [4.69, 9.17) is 5.73 Å². The van der Waals surface area contributed by atoms with Gasteiger partial charge in [-0.15, -0.1) is 0 Å². The van der Waals surface area contributed by atoms with Gasteiger partial charge in [-0.3, -0.25) is 14.6 Å². The summed E-state index contributed by atoms with van der Waals surface area (Å²) < 4.78 is 1.69. The second-order valence-corrected chi connectivity index (χ2v) is 3.84. The second-order valence-electron chi connectivity index (χ2n) is 3.84. The molecule has 0 spiro atoms. The summed E-state index contributed by atoms with van der Waals surface area (Å²) >= 11 is 0. The monoisotopic (exact) mass is 183 g/mol. The van der Waals surface area contributed by atoms with Crippen LogP contribution in [0.15, 0.2) is 10.9 Å². The number of rotatable bonds is 3. The molecule has 1 heterocycles. The number of aryl methyl sites for hydroxylation is 1. The first-order valence-corrected chi connectivity index (χ1v) is 4.52. The Balaban J connectivity index is 2.82. The van der Waals surface area contributed by atoms with Crippen molar-refractivity contribution >= 4 is 0 Å². The lowest BCUT2D eigenvalue weighted by atomic mass is 10.0. The summed E-state index contributed by atoms with van der Waals surface area (Å²) in [7, 11) is 1.80. The molecule has 0 saturated carbocycles. The zero-order valence-corrected chi connectivity index (χ0v) is 8.37. The van der Waals surface area contributed by atoms with Crippen molar-refractivity contribution < 1.29 is 0 Å². The van der Waals surface area contributed by atoms with Crippen LogP contribution in [0.5, 0.6) is 0 Å². The molecule has 0 aliphatic rings. The van der Waals surface area contributed by atoms with E-state index in [2.05, 4.69) is 18.9 Å². The average molecular weight is 183 g/mol. The summed E-state index contributed by atoms with van der Waals surface area (Å²) in [6.45, 7) is 4.23. The topological polar surface area (TPSA) is 63.8 Å². The summed E-state index contributed by atoms with van der Waals surface area (Å²) in [6.07, 6.45) is 0.894. The molecule has 1 atom stereocenters. The third-order valence-electron chi connectivity index (χ3n) is 2.05. The van der Waals surface area contributed by atoms with Crippen molar-refractivity contribution in [3.63, 3.8) is 0 Å². The molecular formula is C9H17N3O. The molecule has 1 aromatic heterocycles. The Bertz CT molecular complexity index is 324. The molecular weight excluding hydrogens is 166 g/mol. The maximum absolute atomic E-state index is 11.0. The van der Waals surface area contributed by atoms with Gasteiger partial charge in [0, 0.05) is 19.2 Å². The minimum absolute atomic E-state index is 0.0519. The average Bonchev–Trinajstić information content (AvgIpc) is 2.28. The van der Waals surface area contributed by atoms with Crippen LogP contribution in [0.4, 0.5) is 0 Å². The third-order valence-corrected chi connectivity index (χ3v) is 2.05. The zero-order chi connectivity index (χ0) is 10.0. The van der Waals surface area contributed by atoms with Crippen LogP contribution in [-0.2, 0) is 7.05 Å². The van der Waals surface area contributed by atoms with Crippen LogP contribution in [0.2, 0.25) is 0 Å². The quantitative estimate of drug-likeness (QED) is 0.726. The highest BCUT2D eigenvalue weighted by Gasteiger charge is 2.12. The number of nitrogens with zero attached hydrogens (tertiary/aromatic N) is 1. The number of hydrogen-bond acceptors (Lipinski definition) is 2. The number of nitrogens with one attached hydrogen (secondary N) is 1. The Morgan fingerprint density at radius 3 is 2.62 bits per heavy atom. The fourth-order valence-corrected chi connectivity index (χ4v) is 1.48. The predicted molar refractivity (Wildman–Crippen MR) is 52.4 cm³/mol. The van der Waals surface area contributed by atoms with E-state index in [0.29, 0.717) is 5.92 Å². The first-order chi connectivity index (χ1) is 6.00. The summed E-state index contributed by atoms with van der Waals surface area (Å²) in [6, 6.07) is 1.51. The molecule has 0 fully saturated rings. The number of hydrogen-bond donors (Lipinski definition) is 2. The highest BCUT2D eigenvalue weighted by Crippen LogP contribution is 2.16. The largest absolute Gasteiger partial charge is 0.323 e. The minimum Gasteiger partial charge on any atom is -0.323 e. The maximum atomic E-state index is 11.0. The van der Waals surface area contributed by atoms with E-state index in [1.807, 2.05) is 0 Å². The first-order valence-electron chi connectivity index (χ1n) is 4.52. The standard InChI is InChI=1S/C9H17N3O/c1-6(2)4-7(10)8-5-9(13)11-12(8)3/h5-7H,4,10H2,1-3H3,(H,11,13)/t7-/m1/s1. The van der Waals surface area contributed by atoms with E-state index in [-0.39, 0.29) is 11.6 Å². The van der Waals surface area contributed by atoms with Crippen molar-refractivity contribution in [2.24, 2.45) is 18.7 Å². The molecule has 4 nitrogen and oxygen atoms in total. The summed E-state index contributed by atoms with van der Waals surface area (Å²) in [5, 5.41) is 2.64. The molecule has 0 saturated heterocycles. The van der Waals surface area contributed by atoms with Crippen LogP contribution >= 0.6 is 0 Å². The fraction of sp³-hybridized carbons (Fsp3) is 0.667. The third kappa shape index (κ3) is 2.45. The van der Waals surface area contributed by atoms with Gasteiger partial charge < -0.3 is 5.73 Å². The lowest BCUT2D eigenvalue weighted by molar-refractivity contribution is 0.485. The van der Waals surface area contributed by atoms with Crippen molar-refractivity contribution in [2.45, 2.75) is 26.3 Å².